The fourth-order valence-electron chi connectivity index (χ4n) is 5.45. The molecule has 3 heteroatoms. The summed E-state index contributed by atoms with van der Waals surface area (Å²) < 4.78 is 5.56. The Morgan fingerprint density at radius 3 is 2.52 bits per heavy atom. The molecule has 0 saturated heterocycles. The number of ether oxygens (including phenoxy) is 1. The van der Waals surface area contributed by atoms with E-state index in [9.17, 15) is 9.90 Å². The molecule has 3 unspecified atom stereocenters. The molecule has 0 heterocycles. The Kier molecular flexibility index (Phi) is 4.51. The van der Waals surface area contributed by atoms with Crippen molar-refractivity contribution >= 4 is 5.97 Å². The Morgan fingerprint density at radius 1 is 1.24 bits per heavy atom. The van der Waals surface area contributed by atoms with Crippen LogP contribution in [0.1, 0.15) is 95.9 Å². The minimum absolute atomic E-state index is 0.0285. The van der Waals surface area contributed by atoms with Crippen molar-refractivity contribution in [3.63, 3.8) is 0 Å². The van der Waals surface area contributed by atoms with Gasteiger partial charge in [-0.1, -0.05) is 41.0 Å². The molecule has 1 N–H and O–H groups in total. The first-order valence-electron chi connectivity index (χ1n) is 9.61. The number of hydrogen-bond acceptors (Lipinski definition) is 3. The number of carbonyl (C=O) groups is 1. The molecular formula is C22H32O3. The summed E-state index contributed by atoms with van der Waals surface area (Å²) >= 11 is 0. The van der Waals surface area contributed by atoms with Gasteiger partial charge in [-0.3, -0.25) is 4.79 Å². The first-order valence-corrected chi connectivity index (χ1v) is 9.61. The fraction of sp³-hybridized carbons (Fsp3) is 0.682. The van der Waals surface area contributed by atoms with Crippen LogP contribution in [0.15, 0.2) is 12.1 Å². The number of aliphatic hydroxyl groups is 1. The highest BCUT2D eigenvalue weighted by atomic mass is 16.5. The molecule has 1 fully saturated rings. The van der Waals surface area contributed by atoms with Gasteiger partial charge in [-0.25, -0.2) is 0 Å². The summed E-state index contributed by atoms with van der Waals surface area (Å²) in [4.78, 5) is 11.6. The lowest BCUT2D eigenvalue weighted by Crippen LogP contribution is -2.48. The van der Waals surface area contributed by atoms with Gasteiger partial charge in [0.05, 0.1) is 6.10 Å². The van der Waals surface area contributed by atoms with E-state index in [0.29, 0.717) is 11.7 Å². The molecule has 0 amide bonds. The number of hydrogen-bond donors (Lipinski definition) is 1. The quantitative estimate of drug-likeness (QED) is 0.588. The third-order valence-corrected chi connectivity index (χ3v) is 6.72. The Bertz CT molecular complexity index is 689. The average Bonchev–Trinajstić information content (AvgIpc) is 2.48. The minimum atomic E-state index is -0.436. The Morgan fingerprint density at radius 2 is 1.92 bits per heavy atom. The topological polar surface area (TPSA) is 46.5 Å². The van der Waals surface area contributed by atoms with Crippen molar-refractivity contribution < 1.29 is 14.6 Å². The Balaban J connectivity index is 2.19. The van der Waals surface area contributed by atoms with Gasteiger partial charge in [0.15, 0.2) is 0 Å². The molecule has 0 radical (unpaired) electrons. The summed E-state index contributed by atoms with van der Waals surface area (Å²) in [6.07, 6.45) is 3.91. The number of esters is 1. The number of carbonyl (C=O) groups excluding carboxylic acids is 1. The van der Waals surface area contributed by atoms with Crippen LogP contribution in [0.3, 0.4) is 0 Å². The van der Waals surface area contributed by atoms with Gasteiger partial charge in [0.25, 0.3) is 0 Å². The predicted molar refractivity (Wildman–Crippen MR) is 99.9 cm³/mol. The Hall–Kier alpha value is -1.35. The zero-order chi connectivity index (χ0) is 18.6. The summed E-state index contributed by atoms with van der Waals surface area (Å²) in [5.41, 5.74) is 3.47. The maximum atomic E-state index is 11.6. The van der Waals surface area contributed by atoms with Crippen LogP contribution < -0.4 is 4.74 Å². The van der Waals surface area contributed by atoms with Gasteiger partial charge in [-0.2, -0.15) is 0 Å². The van der Waals surface area contributed by atoms with E-state index in [0.717, 1.165) is 24.0 Å². The monoisotopic (exact) mass is 344 g/mol. The Labute approximate surface area is 151 Å². The number of fused-ring (bicyclic) bond motifs is 3. The molecule has 25 heavy (non-hydrogen) atoms. The summed E-state index contributed by atoms with van der Waals surface area (Å²) in [5.74, 6) is 1.05. The summed E-state index contributed by atoms with van der Waals surface area (Å²) in [5, 5.41) is 10.9. The van der Waals surface area contributed by atoms with Gasteiger partial charge in [0, 0.05) is 6.92 Å². The molecule has 138 valence electrons. The summed E-state index contributed by atoms with van der Waals surface area (Å²) in [6.45, 7) is 12.7. The van der Waals surface area contributed by atoms with Crippen LogP contribution in [-0.4, -0.2) is 11.1 Å². The number of rotatable bonds is 2. The highest BCUT2D eigenvalue weighted by Crippen LogP contribution is 2.59. The van der Waals surface area contributed by atoms with Crippen molar-refractivity contribution in [3.05, 3.63) is 28.8 Å². The predicted octanol–water partition coefficient (Wildman–Crippen LogP) is 5.26. The maximum Gasteiger partial charge on any atom is 0.308 e. The molecule has 2 aliphatic carbocycles. The molecular weight excluding hydrogens is 312 g/mol. The molecule has 0 aliphatic heterocycles. The molecule has 0 spiro atoms. The SMILES string of the molecule is CC(=O)Oc1cc2c(cc1C(C)C)C(O)CC1C(C)(C)CCCC21C. The molecule has 0 aromatic heterocycles. The van der Waals surface area contributed by atoms with Crippen molar-refractivity contribution in [1.82, 2.24) is 0 Å². The van der Waals surface area contributed by atoms with Gasteiger partial charge < -0.3 is 9.84 Å². The molecule has 2 aliphatic rings. The third-order valence-electron chi connectivity index (χ3n) is 6.72. The first-order chi connectivity index (χ1) is 11.6. The highest BCUT2D eigenvalue weighted by Gasteiger charge is 2.52. The largest absolute Gasteiger partial charge is 0.426 e. The van der Waals surface area contributed by atoms with E-state index in [4.69, 9.17) is 4.74 Å². The number of benzene rings is 1. The van der Waals surface area contributed by atoms with Crippen LogP contribution in [0, 0.1) is 11.3 Å². The molecule has 3 rings (SSSR count). The van der Waals surface area contributed by atoms with Crippen LogP contribution in [0.25, 0.3) is 0 Å². The standard InChI is InChI=1S/C22H32O3/c1-13(2)15-10-16-17(11-19(15)25-14(3)23)22(6)9-7-8-21(4,5)20(22)12-18(16)24/h10-11,13,18,20,24H,7-9,12H2,1-6H3. The van der Waals surface area contributed by atoms with E-state index in [-0.39, 0.29) is 22.7 Å². The molecule has 1 aromatic rings. The second-order valence-electron chi connectivity index (χ2n) is 9.29. The van der Waals surface area contributed by atoms with Gasteiger partial charge in [0.1, 0.15) is 5.75 Å². The van der Waals surface area contributed by atoms with Crippen molar-refractivity contribution in [1.29, 1.82) is 0 Å². The zero-order valence-electron chi connectivity index (χ0n) is 16.5. The zero-order valence-corrected chi connectivity index (χ0v) is 16.5. The second-order valence-corrected chi connectivity index (χ2v) is 9.29. The van der Waals surface area contributed by atoms with Crippen molar-refractivity contribution in [3.8, 4) is 5.75 Å². The van der Waals surface area contributed by atoms with E-state index < -0.39 is 6.10 Å². The normalized spacial score (nSPS) is 30.6. The summed E-state index contributed by atoms with van der Waals surface area (Å²) in [7, 11) is 0. The van der Waals surface area contributed by atoms with Gasteiger partial charge >= 0.3 is 5.97 Å². The first kappa shape index (κ1) is 18.4. The van der Waals surface area contributed by atoms with Crippen LogP contribution >= 0.6 is 0 Å². The van der Waals surface area contributed by atoms with E-state index in [2.05, 4.69) is 46.8 Å². The van der Waals surface area contributed by atoms with E-state index >= 15 is 0 Å². The highest BCUT2D eigenvalue weighted by molar-refractivity contribution is 5.70. The van der Waals surface area contributed by atoms with E-state index in [1.807, 2.05) is 0 Å². The maximum absolute atomic E-state index is 11.6. The second kappa shape index (κ2) is 6.12. The van der Waals surface area contributed by atoms with E-state index in [1.165, 1.54) is 25.3 Å². The van der Waals surface area contributed by atoms with Gasteiger partial charge in [-0.15, -0.1) is 0 Å². The fourth-order valence-corrected chi connectivity index (χ4v) is 5.45. The van der Waals surface area contributed by atoms with E-state index in [1.54, 1.807) is 0 Å². The van der Waals surface area contributed by atoms with Gasteiger partial charge in [-0.05, 0) is 70.8 Å². The molecule has 1 aromatic carbocycles. The smallest absolute Gasteiger partial charge is 0.308 e. The lowest BCUT2D eigenvalue weighted by atomic mass is 9.50. The van der Waals surface area contributed by atoms with Crippen molar-refractivity contribution in [2.24, 2.45) is 11.3 Å². The van der Waals surface area contributed by atoms with Crippen molar-refractivity contribution in [2.75, 3.05) is 0 Å². The van der Waals surface area contributed by atoms with Crippen LogP contribution in [0.5, 0.6) is 5.75 Å². The van der Waals surface area contributed by atoms with Crippen LogP contribution in [0.2, 0.25) is 0 Å². The lowest BCUT2D eigenvalue weighted by molar-refractivity contribution is -0.131. The third kappa shape index (κ3) is 3.01. The van der Waals surface area contributed by atoms with Crippen LogP contribution in [0.4, 0.5) is 0 Å². The molecule has 1 saturated carbocycles. The molecule has 3 nitrogen and oxygen atoms in total. The van der Waals surface area contributed by atoms with Crippen LogP contribution in [-0.2, 0) is 10.2 Å². The lowest BCUT2D eigenvalue weighted by Gasteiger charge is -2.55. The minimum Gasteiger partial charge on any atom is -0.426 e. The average molecular weight is 344 g/mol. The molecule has 3 atom stereocenters. The number of aliphatic hydroxyl groups excluding tert-OH is 1. The molecule has 0 bridgehead atoms. The summed E-state index contributed by atoms with van der Waals surface area (Å²) in [6, 6.07) is 4.15. The van der Waals surface area contributed by atoms with Gasteiger partial charge in [0.2, 0.25) is 0 Å². The van der Waals surface area contributed by atoms with Crippen molar-refractivity contribution in [2.45, 2.75) is 84.7 Å².